The van der Waals surface area contributed by atoms with E-state index in [1.54, 1.807) is 24.3 Å². The Hall–Kier alpha value is -2.01. The number of rotatable bonds is 6. The Morgan fingerprint density at radius 3 is 2.55 bits per heavy atom. The predicted octanol–water partition coefficient (Wildman–Crippen LogP) is 3.80. The monoisotopic (exact) mass is 291 g/mol. The minimum atomic E-state index is -0.119. The quantitative estimate of drug-likeness (QED) is 0.880. The van der Waals surface area contributed by atoms with Gasteiger partial charge in [0.2, 0.25) is 0 Å². The molecule has 0 aliphatic carbocycles. The Labute approximate surface area is 122 Å². The Bertz CT molecular complexity index is 567. The van der Waals surface area contributed by atoms with E-state index in [-0.39, 0.29) is 5.91 Å². The van der Waals surface area contributed by atoms with Crippen LogP contribution < -0.4 is 14.8 Å². The minimum absolute atomic E-state index is 0.119. The number of carbonyl (C=O) groups excluding carboxylic acids is 1. The molecular weight excluding hydrogens is 274 g/mol. The Morgan fingerprint density at radius 2 is 1.90 bits per heavy atom. The van der Waals surface area contributed by atoms with Gasteiger partial charge in [0.05, 0.1) is 18.1 Å². The molecule has 1 aromatic carbocycles. The largest absolute Gasteiger partial charge is 0.490 e. The maximum Gasteiger partial charge on any atom is 0.265 e. The molecule has 1 aromatic heterocycles. The molecule has 1 heterocycles. The zero-order valence-corrected chi connectivity index (χ0v) is 12.3. The van der Waals surface area contributed by atoms with Crippen molar-refractivity contribution in [1.29, 1.82) is 0 Å². The van der Waals surface area contributed by atoms with Crippen molar-refractivity contribution in [3.05, 3.63) is 40.6 Å². The van der Waals surface area contributed by atoms with Crippen LogP contribution in [-0.4, -0.2) is 19.1 Å². The van der Waals surface area contributed by atoms with Crippen LogP contribution in [0.1, 0.15) is 23.5 Å². The third kappa shape index (κ3) is 3.51. The van der Waals surface area contributed by atoms with Crippen LogP contribution in [0.25, 0.3) is 0 Å². The second-order valence-corrected chi connectivity index (χ2v) is 4.91. The molecule has 0 spiro atoms. The lowest BCUT2D eigenvalue weighted by molar-refractivity contribution is 0.103. The molecule has 0 aliphatic rings. The lowest BCUT2D eigenvalue weighted by atomic mass is 10.2. The first-order chi connectivity index (χ1) is 9.74. The summed E-state index contributed by atoms with van der Waals surface area (Å²) in [7, 11) is 0. The number of hydrogen-bond donors (Lipinski definition) is 1. The van der Waals surface area contributed by atoms with Crippen LogP contribution >= 0.6 is 11.3 Å². The molecule has 0 unspecified atom stereocenters. The van der Waals surface area contributed by atoms with Crippen molar-refractivity contribution in [2.24, 2.45) is 0 Å². The highest BCUT2D eigenvalue weighted by Crippen LogP contribution is 2.30. The molecule has 20 heavy (non-hydrogen) atoms. The summed E-state index contributed by atoms with van der Waals surface area (Å²) in [5, 5.41) is 4.72. The summed E-state index contributed by atoms with van der Waals surface area (Å²) in [4.78, 5) is 12.7. The molecule has 2 rings (SSSR count). The SMILES string of the molecule is CCOc1ccc(NC(=O)c2cccs2)cc1OCC. The van der Waals surface area contributed by atoms with Crippen molar-refractivity contribution in [1.82, 2.24) is 0 Å². The molecule has 106 valence electrons. The summed E-state index contributed by atoms with van der Waals surface area (Å²) >= 11 is 1.41. The van der Waals surface area contributed by atoms with Gasteiger partial charge < -0.3 is 14.8 Å². The zero-order chi connectivity index (χ0) is 14.4. The van der Waals surface area contributed by atoms with Gasteiger partial charge in [0.15, 0.2) is 11.5 Å². The molecule has 0 fully saturated rings. The minimum Gasteiger partial charge on any atom is -0.490 e. The molecule has 0 aliphatic heterocycles. The lowest BCUT2D eigenvalue weighted by Gasteiger charge is -2.12. The van der Waals surface area contributed by atoms with Crippen LogP contribution in [0.5, 0.6) is 11.5 Å². The highest BCUT2D eigenvalue weighted by atomic mass is 32.1. The molecule has 0 bridgehead atoms. The van der Waals surface area contributed by atoms with Crippen molar-refractivity contribution >= 4 is 22.9 Å². The smallest absolute Gasteiger partial charge is 0.265 e. The number of anilines is 1. The van der Waals surface area contributed by atoms with Gasteiger partial charge in [-0.3, -0.25) is 4.79 Å². The van der Waals surface area contributed by atoms with Crippen LogP contribution in [0.4, 0.5) is 5.69 Å². The van der Waals surface area contributed by atoms with Crippen LogP contribution in [0.2, 0.25) is 0 Å². The van der Waals surface area contributed by atoms with E-state index in [4.69, 9.17) is 9.47 Å². The van der Waals surface area contributed by atoms with E-state index >= 15 is 0 Å². The van der Waals surface area contributed by atoms with Gasteiger partial charge in [0.1, 0.15) is 0 Å². The molecule has 2 aromatic rings. The summed E-state index contributed by atoms with van der Waals surface area (Å²) in [6.45, 7) is 4.94. The fourth-order valence-electron chi connectivity index (χ4n) is 1.73. The van der Waals surface area contributed by atoms with E-state index in [0.29, 0.717) is 35.3 Å². The molecular formula is C15H17NO3S. The molecule has 0 radical (unpaired) electrons. The molecule has 1 N–H and O–H groups in total. The van der Waals surface area contributed by atoms with Gasteiger partial charge in [-0.15, -0.1) is 11.3 Å². The summed E-state index contributed by atoms with van der Waals surface area (Å²) in [6, 6.07) is 9.03. The van der Waals surface area contributed by atoms with Gasteiger partial charge in [-0.2, -0.15) is 0 Å². The van der Waals surface area contributed by atoms with Gasteiger partial charge in [0.25, 0.3) is 5.91 Å². The van der Waals surface area contributed by atoms with Gasteiger partial charge in [-0.25, -0.2) is 0 Å². The molecule has 0 atom stereocenters. The standard InChI is InChI=1S/C15H17NO3S/c1-3-18-12-8-7-11(10-13(12)19-4-2)16-15(17)14-6-5-9-20-14/h5-10H,3-4H2,1-2H3,(H,16,17). The van der Waals surface area contributed by atoms with Crippen LogP contribution in [-0.2, 0) is 0 Å². The number of carbonyl (C=O) groups is 1. The molecule has 0 saturated carbocycles. The van der Waals surface area contributed by atoms with Gasteiger partial charge >= 0.3 is 0 Å². The first-order valence-corrected chi connectivity index (χ1v) is 7.37. The maximum atomic E-state index is 12.0. The molecule has 4 nitrogen and oxygen atoms in total. The second kappa shape index (κ2) is 6.96. The normalized spacial score (nSPS) is 10.1. The maximum absolute atomic E-state index is 12.0. The van der Waals surface area contributed by atoms with Crippen LogP contribution in [0.3, 0.4) is 0 Å². The van der Waals surface area contributed by atoms with E-state index < -0.39 is 0 Å². The first-order valence-electron chi connectivity index (χ1n) is 6.49. The number of hydrogen-bond acceptors (Lipinski definition) is 4. The van der Waals surface area contributed by atoms with Crippen molar-refractivity contribution in [2.75, 3.05) is 18.5 Å². The van der Waals surface area contributed by atoms with E-state index in [2.05, 4.69) is 5.32 Å². The number of thiophene rings is 1. The van der Waals surface area contributed by atoms with Gasteiger partial charge in [-0.05, 0) is 37.4 Å². The zero-order valence-electron chi connectivity index (χ0n) is 11.5. The number of benzene rings is 1. The summed E-state index contributed by atoms with van der Waals surface area (Å²) in [6.07, 6.45) is 0. The fraction of sp³-hybridized carbons (Fsp3) is 0.267. The summed E-state index contributed by atoms with van der Waals surface area (Å²) in [5.41, 5.74) is 0.690. The second-order valence-electron chi connectivity index (χ2n) is 3.96. The summed E-state index contributed by atoms with van der Waals surface area (Å²) < 4.78 is 11.0. The van der Waals surface area contributed by atoms with Gasteiger partial charge in [-0.1, -0.05) is 6.07 Å². The van der Waals surface area contributed by atoms with E-state index in [0.717, 1.165) is 0 Å². The highest BCUT2D eigenvalue weighted by Gasteiger charge is 2.10. The average Bonchev–Trinajstić information content (AvgIpc) is 2.96. The highest BCUT2D eigenvalue weighted by molar-refractivity contribution is 7.12. The first kappa shape index (κ1) is 14.4. The summed E-state index contributed by atoms with van der Waals surface area (Å²) in [5.74, 6) is 1.20. The Kier molecular flexibility index (Phi) is 5.01. The van der Waals surface area contributed by atoms with E-state index in [9.17, 15) is 4.79 Å². The third-order valence-electron chi connectivity index (χ3n) is 2.55. The topological polar surface area (TPSA) is 47.6 Å². The Balaban J connectivity index is 2.16. The molecule has 1 amide bonds. The van der Waals surface area contributed by atoms with Crippen LogP contribution in [0, 0.1) is 0 Å². The Morgan fingerprint density at radius 1 is 1.15 bits per heavy atom. The van der Waals surface area contributed by atoms with Crippen LogP contribution in [0.15, 0.2) is 35.7 Å². The van der Waals surface area contributed by atoms with E-state index in [1.807, 2.05) is 25.3 Å². The van der Waals surface area contributed by atoms with E-state index in [1.165, 1.54) is 11.3 Å². The van der Waals surface area contributed by atoms with Crippen molar-refractivity contribution in [3.63, 3.8) is 0 Å². The molecule has 5 heteroatoms. The lowest BCUT2D eigenvalue weighted by Crippen LogP contribution is -2.10. The number of nitrogens with one attached hydrogen (secondary N) is 1. The third-order valence-corrected chi connectivity index (χ3v) is 3.41. The van der Waals surface area contributed by atoms with Gasteiger partial charge in [0, 0.05) is 11.8 Å². The number of amides is 1. The average molecular weight is 291 g/mol. The fourth-order valence-corrected chi connectivity index (χ4v) is 2.35. The molecule has 0 saturated heterocycles. The van der Waals surface area contributed by atoms with Crippen molar-refractivity contribution < 1.29 is 14.3 Å². The van der Waals surface area contributed by atoms with Crippen molar-refractivity contribution in [3.8, 4) is 11.5 Å². The predicted molar refractivity (Wildman–Crippen MR) is 81.1 cm³/mol. The van der Waals surface area contributed by atoms with Crippen molar-refractivity contribution in [2.45, 2.75) is 13.8 Å². The number of ether oxygens (including phenoxy) is 2.